The molecule has 0 aromatic heterocycles. The molecular weight excluding hydrogens is 223 g/mol. The Kier molecular flexibility index (Phi) is 3.98. The molecule has 0 saturated carbocycles. The van der Waals surface area contributed by atoms with Crippen molar-refractivity contribution in [3.63, 3.8) is 0 Å². The lowest BCUT2D eigenvalue weighted by Crippen LogP contribution is -1.85. The first-order chi connectivity index (χ1) is 6.69. The highest BCUT2D eigenvalue weighted by Crippen LogP contribution is 2.29. The molecule has 2 nitrogen and oxygen atoms in total. The number of benzene rings is 1. The van der Waals surface area contributed by atoms with Gasteiger partial charge in [0.05, 0.1) is 17.2 Å². The zero-order valence-electron chi connectivity index (χ0n) is 7.46. The molecule has 0 heterocycles. The van der Waals surface area contributed by atoms with E-state index in [4.69, 9.17) is 27.9 Å². The molecule has 0 radical (unpaired) electrons. The number of allylic oxidation sites excluding steroid dienone is 1. The van der Waals surface area contributed by atoms with Crippen LogP contribution >= 0.6 is 23.2 Å². The van der Waals surface area contributed by atoms with E-state index in [0.29, 0.717) is 27.7 Å². The van der Waals surface area contributed by atoms with Crippen LogP contribution in [0.3, 0.4) is 0 Å². The molecule has 4 heteroatoms. The predicted molar refractivity (Wildman–Crippen MR) is 57.9 cm³/mol. The van der Waals surface area contributed by atoms with Crippen molar-refractivity contribution < 1.29 is 9.53 Å². The molecular formula is C10H8Cl2O2. The van der Waals surface area contributed by atoms with Crippen molar-refractivity contribution in [2.45, 2.75) is 0 Å². The van der Waals surface area contributed by atoms with Crippen LogP contribution in [0.5, 0.6) is 5.75 Å². The van der Waals surface area contributed by atoms with E-state index in [-0.39, 0.29) is 0 Å². The van der Waals surface area contributed by atoms with Gasteiger partial charge in [-0.05, 0) is 29.8 Å². The largest absolute Gasteiger partial charge is 0.495 e. The van der Waals surface area contributed by atoms with Crippen molar-refractivity contribution in [2.24, 2.45) is 0 Å². The topological polar surface area (TPSA) is 26.3 Å². The molecule has 0 aliphatic rings. The highest BCUT2D eigenvalue weighted by atomic mass is 35.5. The number of rotatable bonds is 3. The highest BCUT2D eigenvalue weighted by molar-refractivity contribution is 6.49. The monoisotopic (exact) mass is 230 g/mol. The van der Waals surface area contributed by atoms with Crippen LogP contribution in [0.2, 0.25) is 5.02 Å². The fourth-order valence-electron chi connectivity index (χ4n) is 0.971. The molecule has 0 saturated heterocycles. The van der Waals surface area contributed by atoms with Gasteiger partial charge in [0.1, 0.15) is 12.0 Å². The number of halogens is 2. The van der Waals surface area contributed by atoms with Gasteiger partial charge in [0.25, 0.3) is 0 Å². The summed E-state index contributed by atoms with van der Waals surface area (Å²) in [5.41, 5.74) is 0.685. The first-order valence-electron chi connectivity index (χ1n) is 3.84. The summed E-state index contributed by atoms with van der Waals surface area (Å²) in [7, 11) is 1.53. The molecule has 0 spiro atoms. The van der Waals surface area contributed by atoms with Crippen LogP contribution in [0.4, 0.5) is 0 Å². The first kappa shape index (κ1) is 11.1. The molecule has 74 valence electrons. The number of hydrogen-bond acceptors (Lipinski definition) is 2. The lowest BCUT2D eigenvalue weighted by Gasteiger charge is -2.04. The van der Waals surface area contributed by atoms with Crippen LogP contribution in [0.1, 0.15) is 5.56 Å². The van der Waals surface area contributed by atoms with E-state index in [1.165, 1.54) is 13.2 Å². The Morgan fingerprint density at radius 3 is 2.71 bits per heavy atom. The van der Waals surface area contributed by atoms with Gasteiger partial charge < -0.3 is 4.74 Å². The van der Waals surface area contributed by atoms with Crippen molar-refractivity contribution in [3.8, 4) is 5.75 Å². The average Bonchev–Trinajstić information content (AvgIpc) is 2.18. The Balaban J connectivity index is 3.08. The number of hydrogen-bond donors (Lipinski definition) is 0. The third kappa shape index (κ3) is 2.50. The zero-order chi connectivity index (χ0) is 10.6. The van der Waals surface area contributed by atoms with E-state index in [9.17, 15) is 4.79 Å². The number of aldehydes is 1. The normalized spacial score (nSPS) is 11.2. The lowest BCUT2D eigenvalue weighted by atomic mass is 10.2. The van der Waals surface area contributed by atoms with Crippen LogP contribution in [0.25, 0.3) is 5.03 Å². The Morgan fingerprint density at radius 1 is 1.50 bits per heavy atom. The second kappa shape index (κ2) is 5.03. The van der Waals surface area contributed by atoms with E-state index in [1.54, 1.807) is 18.2 Å². The molecule has 0 fully saturated rings. The minimum atomic E-state index is 0.351. The molecule has 0 N–H and O–H groups in total. The van der Waals surface area contributed by atoms with Crippen LogP contribution in [-0.2, 0) is 4.79 Å². The van der Waals surface area contributed by atoms with E-state index < -0.39 is 0 Å². The second-order valence-corrected chi connectivity index (χ2v) is 3.31. The number of carbonyl (C=O) groups excluding carboxylic acids is 1. The maximum Gasteiger partial charge on any atom is 0.144 e. The Bertz CT molecular complexity index is 372. The van der Waals surface area contributed by atoms with Crippen molar-refractivity contribution >= 4 is 34.5 Å². The highest BCUT2D eigenvalue weighted by Gasteiger charge is 2.03. The summed E-state index contributed by atoms with van der Waals surface area (Å²) in [6, 6.07) is 5.06. The average molecular weight is 231 g/mol. The lowest BCUT2D eigenvalue weighted by molar-refractivity contribution is -0.104. The summed E-state index contributed by atoms with van der Waals surface area (Å²) < 4.78 is 4.98. The van der Waals surface area contributed by atoms with Crippen molar-refractivity contribution in [1.82, 2.24) is 0 Å². The molecule has 14 heavy (non-hydrogen) atoms. The maximum absolute atomic E-state index is 10.2. The van der Waals surface area contributed by atoms with Gasteiger partial charge in [0.2, 0.25) is 0 Å². The standard InChI is InChI=1S/C10H8Cl2O2/c1-14-10-3-2-7(6-9(10)12)8(11)4-5-13/h2-6H,1H3/b8-4-. The smallest absolute Gasteiger partial charge is 0.144 e. The van der Waals surface area contributed by atoms with E-state index in [0.717, 1.165) is 0 Å². The van der Waals surface area contributed by atoms with Crippen LogP contribution in [-0.4, -0.2) is 13.4 Å². The summed E-state index contributed by atoms with van der Waals surface area (Å²) in [5.74, 6) is 0.575. The number of carbonyl (C=O) groups is 1. The molecule has 0 atom stereocenters. The van der Waals surface area contributed by atoms with E-state index in [2.05, 4.69) is 0 Å². The zero-order valence-corrected chi connectivity index (χ0v) is 8.97. The molecule has 0 aliphatic heterocycles. The quantitative estimate of drug-likeness (QED) is 0.590. The molecule has 0 amide bonds. The fraction of sp³-hybridized carbons (Fsp3) is 0.100. The van der Waals surface area contributed by atoms with Gasteiger partial charge in [0.15, 0.2) is 0 Å². The Labute approximate surface area is 92.1 Å². The van der Waals surface area contributed by atoms with E-state index in [1.807, 2.05) is 0 Å². The molecule has 1 rings (SSSR count). The Hall–Kier alpha value is -0.990. The van der Waals surface area contributed by atoms with Crippen molar-refractivity contribution in [2.75, 3.05) is 7.11 Å². The summed E-state index contributed by atoms with van der Waals surface area (Å²) in [6.45, 7) is 0. The van der Waals surface area contributed by atoms with Crippen molar-refractivity contribution in [3.05, 3.63) is 34.9 Å². The predicted octanol–water partition coefficient (Wildman–Crippen LogP) is 3.13. The third-order valence-corrected chi connectivity index (χ3v) is 2.28. The third-order valence-electron chi connectivity index (χ3n) is 1.64. The number of methoxy groups -OCH3 is 1. The van der Waals surface area contributed by atoms with Crippen molar-refractivity contribution in [1.29, 1.82) is 0 Å². The minimum Gasteiger partial charge on any atom is -0.495 e. The first-order valence-corrected chi connectivity index (χ1v) is 4.59. The fourth-order valence-corrected chi connectivity index (χ4v) is 1.40. The summed E-state index contributed by atoms with van der Waals surface area (Å²) in [5, 5.41) is 0.812. The molecule has 0 unspecified atom stereocenters. The molecule has 1 aromatic carbocycles. The van der Waals surface area contributed by atoms with E-state index >= 15 is 0 Å². The summed E-state index contributed by atoms with van der Waals surface area (Å²) in [4.78, 5) is 10.2. The minimum absolute atomic E-state index is 0.351. The summed E-state index contributed by atoms with van der Waals surface area (Å²) >= 11 is 11.7. The van der Waals surface area contributed by atoms with Crippen LogP contribution in [0.15, 0.2) is 24.3 Å². The van der Waals surface area contributed by atoms with Gasteiger partial charge in [0, 0.05) is 0 Å². The van der Waals surface area contributed by atoms with Gasteiger partial charge in [-0.3, -0.25) is 4.79 Å². The summed E-state index contributed by atoms with van der Waals surface area (Å²) in [6.07, 6.45) is 1.89. The van der Waals surface area contributed by atoms with Crippen LogP contribution < -0.4 is 4.74 Å². The maximum atomic E-state index is 10.2. The molecule has 1 aromatic rings. The van der Waals surface area contributed by atoms with Crippen LogP contribution in [0, 0.1) is 0 Å². The van der Waals surface area contributed by atoms with Gasteiger partial charge in [-0.25, -0.2) is 0 Å². The number of ether oxygens (including phenoxy) is 1. The second-order valence-electron chi connectivity index (χ2n) is 2.50. The van der Waals surface area contributed by atoms with Gasteiger partial charge in [-0.15, -0.1) is 0 Å². The molecule has 0 aliphatic carbocycles. The molecule has 0 bridgehead atoms. The van der Waals surface area contributed by atoms with Gasteiger partial charge >= 0.3 is 0 Å². The van der Waals surface area contributed by atoms with Gasteiger partial charge in [-0.1, -0.05) is 23.2 Å². The Morgan fingerprint density at radius 2 is 2.21 bits per heavy atom. The van der Waals surface area contributed by atoms with Gasteiger partial charge in [-0.2, -0.15) is 0 Å². The SMILES string of the molecule is COc1ccc(/C(Cl)=C/C=O)cc1Cl.